The van der Waals surface area contributed by atoms with E-state index in [4.69, 9.17) is 4.42 Å². The summed E-state index contributed by atoms with van der Waals surface area (Å²) in [6.07, 6.45) is 2.10. The number of aromatic nitrogens is 2. The zero-order valence-corrected chi connectivity index (χ0v) is 10.8. The topological polar surface area (TPSA) is 76.2 Å². The summed E-state index contributed by atoms with van der Waals surface area (Å²) in [4.78, 5) is 11.3. The first-order valence-corrected chi connectivity index (χ1v) is 5.94. The molecular weight excluding hydrogens is 244 g/mol. The van der Waals surface area contributed by atoms with Gasteiger partial charge in [-0.15, -0.1) is 10.2 Å². The van der Waals surface area contributed by atoms with Crippen LogP contribution in [0.25, 0.3) is 11.6 Å². The minimum absolute atomic E-state index is 0.00204. The monoisotopic (exact) mass is 258 g/mol. The third kappa shape index (κ3) is 3.07. The number of hydrogen-bond donors (Lipinski definition) is 1. The van der Waals surface area contributed by atoms with Crippen molar-refractivity contribution in [2.75, 3.05) is 0 Å². The van der Waals surface area contributed by atoms with Crippen LogP contribution < -0.4 is 0 Å². The molecule has 0 aliphatic carbocycles. The van der Waals surface area contributed by atoms with Crippen molar-refractivity contribution >= 4 is 17.6 Å². The summed E-state index contributed by atoms with van der Waals surface area (Å²) in [5.74, 6) is -0.634. The second kappa shape index (κ2) is 5.48. The summed E-state index contributed by atoms with van der Waals surface area (Å²) in [6.45, 7) is 3.81. The third-order valence-electron chi connectivity index (χ3n) is 2.58. The molecule has 1 aromatic heterocycles. The summed E-state index contributed by atoms with van der Waals surface area (Å²) >= 11 is 0. The molecule has 0 unspecified atom stereocenters. The standard InChI is InChI=1S/C14H14N2O3/c1-3-12-15-16-13(19-12)11(14(17)18)8-10-6-4-5-9(2)7-10/h4-8H,3H2,1-2H3,(H,17,18)/b11-8-. The van der Waals surface area contributed by atoms with Gasteiger partial charge in [0.05, 0.1) is 0 Å². The Morgan fingerprint density at radius 3 is 2.79 bits per heavy atom. The molecule has 98 valence electrons. The molecule has 0 atom stereocenters. The average molecular weight is 258 g/mol. The van der Waals surface area contributed by atoms with Gasteiger partial charge in [0, 0.05) is 6.42 Å². The van der Waals surface area contributed by atoms with E-state index in [1.54, 1.807) is 0 Å². The van der Waals surface area contributed by atoms with E-state index >= 15 is 0 Å². The number of carbonyl (C=O) groups is 1. The molecule has 0 radical (unpaired) electrons. The van der Waals surface area contributed by atoms with Crippen LogP contribution in [0.5, 0.6) is 0 Å². The molecule has 19 heavy (non-hydrogen) atoms. The maximum absolute atomic E-state index is 11.3. The van der Waals surface area contributed by atoms with E-state index in [0.717, 1.165) is 11.1 Å². The Morgan fingerprint density at radius 2 is 2.21 bits per heavy atom. The van der Waals surface area contributed by atoms with Gasteiger partial charge in [-0.1, -0.05) is 36.8 Å². The first-order valence-electron chi connectivity index (χ1n) is 5.94. The Bertz CT molecular complexity index is 629. The van der Waals surface area contributed by atoms with Crippen molar-refractivity contribution in [3.63, 3.8) is 0 Å². The van der Waals surface area contributed by atoms with E-state index in [1.165, 1.54) is 6.08 Å². The van der Waals surface area contributed by atoms with E-state index in [0.29, 0.717) is 12.3 Å². The quantitative estimate of drug-likeness (QED) is 0.853. The van der Waals surface area contributed by atoms with E-state index in [2.05, 4.69) is 10.2 Å². The van der Waals surface area contributed by atoms with Crippen LogP contribution >= 0.6 is 0 Å². The van der Waals surface area contributed by atoms with Gasteiger partial charge in [0.1, 0.15) is 5.57 Å². The van der Waals surface area contributed by atoms with Crippen LogP contribution in [0, 0.1) is 6.92 Å². The minimum Gasteiger partial charge on any atom is -0.477 e. The van der Waals surface area contributed by atoms with Gasteiger partial charge in [-0.3, -0.25) is 0 Å². The molecule has 1 heterocycles. The van der Waals surface area contributed by atoms with E-state index < -0.39 is 5.97 Å². The highest BCUT2D eigenvalue weighted by atomic mass is 16.4. The summed E-state index contributed by atoms with van der Waals surface area (Å²) in [5, 5.41) is 16.8. The highest BCUT2D eigenvalue weighted by Gasteiger charge is 2.17. The minimum atomic E-state index is -1.09. The molecule has 0 saturated heterocycles. The highest BCUT2D eigenvalue weighted by molar-refractivity contribution is 6.19. The molecule has 5 nitrogen and oxygen atoms in total. The molecule has 0 saturated carbocycles. The Hall–Kier alpha value is -2.43. The van der Waals surface area contributed by atoms with Crippen molar-refractivity contribution in [3.05, 3.63) is 47.2 Å². The summed E-state index contributed by atoms with van der Waals surface area (Å²) in [6, 6.07) is 7.53. The second-order valence-corrected chi connectivity index (χ2v) is 4.13. The van der Waals surface area contributed by atoms with Gasteiger partial charge in [-0.25, -0.2) is 4.79 Å². The molecule has 0 spiro atoms. The number of hydrogen-bond acceptors (Lipinski definition) is 4. The number of benzene rings is 1. The van der Waals surface area contributed by atoms with Crippen molar-refractivity contribution in [1.29, 1.82) is 0 Å². The van der Waals surface area contributed by atoms with Gasteiger partial charge in [0.15, 0.2) is 0 Å². The molecule has 5 heteroatoms. The summed E-state index contributed by atoms with van der Waals surface area (Å²) in [5.41, 5.74) is 1.84. The predicted octanol–water partition coefficient (Wildman–Crippen LogP) is 2.57. The van der Waals surface area contributed by atoms with Crippen LogP contribution in [0.15, 0.2) is 28.7 Å². The average Bonchev–Trinajstić information content (AvgIpc) is 2.84. The second-order valence-electron chi connectivity index (χ2n) is 4.13. The van der Waals surface area contributed by atoms with E-state index in [1.807, 2.05) is 38.1 Å². The number of aliphatic carboxylic acids is 1. The van der Waals surface area contributed by atoms with Crippen molar-refractivity contribution in [1.82, 2.24) is 10.2 Å². The zero-order chi connectivity index (χ0) is 13.8. The van der Waals surface area contributed by atoms with Crippen molar-refractivity contribution < 1.29 is 14.3 Å². The lowest BCUT2D eigenvalue weighted by Crippen LogP contribution is -2.00. The Morgan fingerprint density at radius 1 is 1.42 bits per heavy atom. The Labute approximate surface area is 110 Å². The lowest BCUT2D eigenvalue weighted by molar-refractivity contribution is -0.130. The SMILES string of the molecule is CCc1nnc(/C(=C/c2cccc(C)c2)C(=O)O)o1. The van der Waals surface area contributed by atoms with Gasteiger partial charge >= 0.3 is 5.97 Å². The molecule has 0 amide bonds. The van der Waals surface area contributed by atoms with Crippen LogP contribution in [-0.4, -0.2) is 21.3 Å². The molecular formula is C14H14N2O3. The zero-order valence-electron chi connectivity index (χ0n) is 10.8. The maximum atomic E-state index is 11.3. The molecule has 1 aromatic carbocycles. The van der Waals surface area contributed by atoms with E-state index in [-0.39, 0.29) is 11.5 Å². The number of carboxylic acids is 1. The van der Waals surface area contributed by atoms with Crippen molar-refractivity contribution in [2.24, 2.45) is 0 Å². The lowest BCUT2D eigenvalue weighted by atomic mass is 10.1. The first kappa shape index (κ1) is 13.0. The van der Waals surface area contributed by atoms with Gasteiger partial charge in [-0.05, 0) is 18.6 Å². The molecule has 0 fully saturated rings. The number of carboxylic acid groups (broad SMARTS) is 1. The van der Waals surface area contributed by atoms with Gasteiger partial charge in [0.2, 0.25) is 5.89 Å². The van der Waals surface area contributed by atoms with Crippen molar-refractivity contribution in [2.45, 2.75) is 20.3 Å². The fraction of sp³-hybridized carbons (Fsp3) is 0.214. The van der Waals surface area contributed by atoms with Gasteiger partial charge < -0.3 is 9.52 Å². The van der Waals surface area contributed by atoms with Crippen LogP contribution in [-0.2, 0) is 11.2 Å². The largest absolute Gasteiger partial charge is 0.477 e. The van der Waals surface area contributed by atoms with Crippen LogP contribution in [0.1, 0.15) is 29.8 Å². The number of nitrogens with zero attached hydrogens (tertiary/aromatic N) is 2. The fourth-order valence-corrected chi connectivity index (χ4v) is 1.65. The van der Waals surface area contributed by atoms with E-state index in [9.17, 15) is 9.90 Å². The number of rotatable bonds is 4. The molecule has 2 rings (SSSR count). The molecule has 0 aliphatic heterocycles. The fourth-order valence-electron chi connectivity index (χ4n) is 1.65. The molecule has 1 N–H and O–H groups in total. The van der Waals surface area contributed by atoms with Crippen LogP contribution in [0.2, 0.25) is 0 Å². The summed E-state index contributed by atoms with van der Waals surface area (Å²) in [7, 11) is 0. The molecule has 0 bridgehead atoms. The molecule has 2 aromatic rings. The summed E-state index contributed by atoms with van der Waals surface area (Å²) < 4.78 is 5.29. The third-order valence-corrected chi connectivity index (χ3v) is 2.58. The van der Waals surface area contributed by atoms with Crippen LogP contribution in [0.3, 0.4) is 0 Å². The Balaban J connectivity index is 2.43. The van der Waals surface area contributed by atoms with Gasteiger partial charge in [-0.2, -0.15) is 0 Å². The normalized spacial score (nSPS) is 11.6. The van der Waals surface area contributed by atoms with Crippen molar-refractivity contribution in [3.8, 4) is 0 Å². The first-order chi connectivity index (χ1) is 9.10. The van der Waals surface area contributed by atoms with Crippen LogP contribution in [0.4, 0.5) is 0 Å². The lowest BCUT2D eigenvalue weighted by Gasteiger charge is -1.99. The van der Waals surface area contributed by atoms with Gasteiger partial charge in [0.25, 0.3) is 5.89 Å². The predicted molar refractivity (Wildman–Crippen MR) is 70.4 cm³/mol. The smallest absolute Gasteiger partial charge is 0.341 e. The Kier molecular flexibility index (Phi) is 3.75. The highest BCUT2D eigenvalue weighted by Crippen LogP contribution is 2.18. The maximum Gasteiger partial charge on any atom is 0.341 e. The molecule has 0 aliphatic rings. The number of aryl methyl sites for hydroxylation is 2.